The summed E-state index contributed by atoms with van der Waals surface area (Å²) in [6, 6.07) is 9.14. The van der Waals surface area contributed by atoms with Gasteiger partial charge in [-0.05, 0) is 86.2 Å². The maximum absolute atomic E-state index is 14.0. The summed E-state index contributed by atoms with van der Waals surface area (Å²) in [6.45, 7) is 5.24. The zero-order valence-electron chi connectivity index (χ0n) is 19.9. The zero-order valence-corrected chi connectivity index (χ0v) is 19.9. The Hall–Kier alpha value is -1.84. The van der Waals surface area contributed by atoms with Gasteiger partial charge in [0, 0.05) is 19.0 Å². The number of carbonyl (C=O) groups excluding carboxylic acids is 2. The lowest BCUT2D eigenvalue weighted by molar-refractivity contribution is -0.150. The van der Waals surface area contributed by atoms with Crippen molar-refractivity contribution in [2.24, 2.45) is 23.7 Å². The number of hydrogen-bond donors (Lipinski definition) is 1. The van der Waals surface area contributed by atoms with Crippen molar-refractivity contribution in [2.75, 3.05) is 6.54 Å². The average Bonchev–Trinajstić information content (AvgIpc) is 3.41. The number of benzene rings is 1. The van der Waals surface area contributed by atoms with Crippen LogP contribution in [0.25, 0.3) is 0 Å². The monoisotopic (exact) mass is 436 g/mol. The third kappa shape index (κ3) is 4.10. The van der Waals surface area contributed by atoms with Crippen LogP contribution in [0.4, 0.5) is 0 Å². The highest BCUT2D eigenvalue weighted by molar-refractivity contribution is 5.92. The molecule has 1 heterocycles. The second kappa shape index (κ2) is 8.83. The Morgan fingerprint density at radius 2 is 1.75 bits per heavy atom. The van der Waals surface area contributed by atoms with E-state index in [0.29, 0.717) is 36.1 Å². The van der Waals surface area contributed by atoms with E-state index < -0.39 is 5.54 Å². The minimum atomic E-state index is -0.640. The van der Waals surface area contributed by atoms with Crippen molar-refractivity contribution in [1.82, 2.24) is 10.2 Å². The molecule has 2 saturated carbocycles. The lowest BCUT2D eigenvalue weighted by Gasteiger charge is -2.50. The van der Waals surface area contributed by atoms with Crippen molar-refractivity contribution >= 4 is 11.8 Å². The van der Waals surface area contributed by atoms with Crippen molar-refractivity contribution in [2.45, 2.75) is 96.1 Å². The molecule has 4 heteroatoms. The van der Waals surface area contributed by atoms with Crippen LogP contribution in [0.2, 0.25) is 0 Å². The van der Waals surface area contributed by atoms with Crippen molar-refractivity contribution in [3.05, 3.63) is 35.4 Å². The summed E-state index contributed by atoms with van der Waals surface area (Å²) in [6.07, 6.45) is 11.2. The van der Waals surface area contributed by atoms with E-state index in [-0.39, 0.29) is 11.8 Å². The molecule has 1 aromatic rings. The van der Waals surface area contributed by atoms with Gasteiger partial charge in [0.05, 0.1) is 0 Å². The van der Waals surface area contributed by atoms with Gasteiger partial charge in [0.15, 0.2) is 0 Å². The zero-order chi connectivity index (χ0) is 22.3. The predicted octanol–water partition coefficient (Wildman–Crippen LogP) is 4.89. The molecule has 5 rings (SSSR count). The lowest BCUT2D eigenvalue weighted by Crippen LogP contribution is -2.63. The second-order valence-corrected chi connectivity index (χ2v) is 11.6. The number of amides is 2. The number of carbonyl (C=O) groups is 2. The smallest absolute Gasteiger partial charge is 0.246 e. The van der Waals surface area contributed by atoms with Gasteiger partial charge < -0.3 is 10.2 Å². The van der Waals surface area contributed by atoms with E-state index in [0.717, 1.165) is 57.9 Å². The van der Waals surface area contributed by atoms with Crippen LogP contribution in [0.5, 0.6) is 0 Å². The van der Waals surface area contributed by atoms with Gasteiger partial charge in [-0.25, -0.2) is 0 Å². The molecule has 1 aromatic carbocycles. The molecule has 0 spiro atoms. The van der Waals surface area contributed by atoms with E-state index in [1.807, 2.05) is 0 Å². The minimum Gasteiger partial charge on any atom is -0.351 e. The van der Waals surface area contributed by atoms with Gasteiger partial charge in [-0.15, -0.1) is 0 Å². The lowest BCUT2D eigenvalue weighted by atomic mass is 9.62. The topological polar surface area (TPSA) is 49.4 Å². The number of rotatable bonds is 5. The number of fused-ring (bicyclic) bond motifs is 2. The van der Waals surface area contributed by atoms with Gasteiger partial charge in [0.1, 0.15) is 5.54 Å². The van der Waals surface area contributed by atoms with Gasteiger partial charge in [0.25, 0.3) is 0 Å². The fourth-order valence-corrected chi connectivity index (χ4v) is 7.37. The van der Waals surface area contributed by atoms with Crippen LogP contribution < -0.4 is 5.32 Å². The quantitative estimate of drug-likeness (QED) is 0.714. The third-order valence-electron chi connectivity index (χ3n) is 8.92. The van der Waals surface area contributed by atoms with Gasteiger partial charge in [0.2, 0.25) is 11.8 Å². The molecule has 3 fully saturated rings. The van der Waals surface area contributed by atoms with E-state index in [1.165, 1.54) is 24.0 Å². The molecule has 0 aromatic heterocycles. The molecule has 1 saturated heterocycles. The molecule has 2 amide bonds. The van der Waals surface area contributed by atoms with Crippen LogP contribution in [-0.4, -0.2) is 34.8 Å². The van der Waals surface area contributed by atoms with Crippen LogP contribution in [0.3, 0.4) is 0 Å². The first kappa shape index (κ1) is 22.0. The Labute approximate surface area is 193 Å². The van der Waals surface area contributed by atoms with Gasteiger partial charge in [-0.3, -0.25) is 9.59 Å². The number of nitrogens with zero attached hydrogens (tertiary/aromatic N) is 1. The Morgan fingerprint density at radius 1 is 1.06 bits per heavy atom. The van der Waals surface area contributed by atoms with Gasteiger partial charge >= 0.3 is 0 Å². The molecule has 0 radical (unpaired) electrons. The minimum absolute atomic E-state index is 0.153. The summed E-state index contributed by atoms with van der Waals surface area (Å²) >= 11 is 0. The van der Waals surface area contributed by atoms with Crippen molar-refractivity contribution < 1.29 is 9.59 Å². The Bertz CT molecular complexity index is 859. The summed E-state index contributed by atoms with van der Waals surface area (Å²) in [7, 11) is 0. The fourth-order valence-electron chi connectivity index (χ4n) is 7.37. The van der Waals surface area contributed by atoms with Gasteiger partial charge in [-0.2, -0.15) is 0 Å². The van der Waals surface area contributed by atoms with Crippen molar-refractivity contribution in [3.8, 4) is 0 Å². The Morgan fingerprint density at radius 3 is 2.44 bits per heavy atom. The van der Waals surface area contributed by atoms with Crippen molar-refractivity contribution in [1.29, 1.82) is 0 Å². The van der Waals surface area contributed by atoms with Gasteiger partial charge in [-0.1, -0.05) is 51.0 Å². The number of hydrogen-bond acceptors (Lipinski definition) is 2. The molecule has 4 aliphatic rings. The molecule has 1 N–H and O–H groups in total. The summed E-state index contributed by atoms with van der Waals surface area (Å²) in [5.74, 6) is 2.48. The normalized spacial score (nSPS) is 32.8. The Kier molecular flexibility index (Phi) is 6.07. The van der Waals surface area contributed by atoms with E-state index in [4.69, 9.17) is 0 Å². The first-order valence-electron chi connectivity index (χ1n) is 13.1. The van der Waals surface area contributed by atoms with E-state index in [2.05, 4.69) is 48.3 Å². The standard InChI is InChI=1S/C28H40N2O2/c1-19(2)13-20-14-26(31)30(18-20)28(27(32)29-25-9-5-6-10-25)12-11-23-15-21-7-3-4-8-22(21)16-24(23)17-28/h3-4,7-8,19-20,23-25H,5-6,9-18H2,1-2H3,(H,29,32)/t20-,23-,24-,28+/m0/s1. The van der Waals surface area contributed by atoms with Crippen LogP contribution in [0, 0.1) is 23.7 Å². The highest BCUT2D eigenvalue weighted by Gasteiger charge is 2.54. The molecule has 3 aliphatic carbocycles. The summed E-state index contributed by atoms with van der Waals surface area (Å²) in [4.78, 5) is 29.3. The molecule has 174 valence electrons. The first-order valence-corrected chi connectivity index (χ1v) is 13.1. The van der Waals surface area contributed by atoms with Crippen LogP contribution in [0.1, 0.15) is 82.8 Å². The summed E-state index contributed by atoms with van der Waals surface area (Å²) in [5.41, 5.74) is 2.30. The SMILES string of the molecule is CC(C)C[C@H]1CC(=O)N([C@]2(C(=O)NC3CCCC3)CC[C@H]3Cc4ccccc4C[C@H]3C2)C1. The maximum Gasteiger partial charge on any atom is 0.246 e. The van der Waals surface area contributed by atoms with Crippen LogP contribution in [0.15, 0.2) is 24.3 Å². The van der Waals surface area contributed by atoms with Crippen molar-refractivity contribution in [3.63, 3.8) is 0 Å². The molecule has 32 heavy (non-hydrogen) atoms. The predicted molar refractivity (Wildman–Crippen MR) is 127 cm³/mol. The van der Waals surface area contributed by atoms with E-state index in [1.54, 1.807) is 0 Å². The number of likely N-dealkylation sites (tertiary alicyclic amines) is 1. The highest BCUT2D eigenvalue weighted by Crippen LogP contribution is 2.48. The summed E-state index contributed by atoms with van der Waals surface area (Å²) in [5, 5.41) is 3.42. The molecule has 4 nitrogen and oxygen atoms in total. The summed E-state index contributed by atoms with van der Waals surface area (Å²) < 4.78 is 0. The number of nitrogens with one attached hydrogen (secondary N) is 1. The molecule has 0 unspecified atom stereocenters. The third-order valence-corrected chi connectivity index (χ3v) is 8.92. The molecule has 4 atom stereocenters. The highest BCUT2D eigenvalue weighted by atomic mass is 16.2. The second-order valence-electron chi connectivity index (χ2n) is 11.6. The van der Waals surface area contributed by atoms with Crippen LogP contribution >= 0.6 is 0 Å². The molecule has 1 aliphatic heterocycles. The fraction of sp³-hybridized carbons (Fsp3) is 0.714. The van der Waals surface area contributed by atoms with E-state index in [9.17, 15) is 9.59 Å². The molecular weight excluding hydrogens is 396 g/mol. The maximum atomic E-state index is 14.0. The average molecular weight is 437 g/mol. The molecular formula is C28H40N2O2. The Balaban J connectivity index is 1.42. The molecule has 0 bridgehead atoms. The van der Waals surface area contributed by atoms with Crippen LogP contribution in [-0.2, 0) is 22.4 Å². The van der Waals surface area contributed by atoms with E-state index >= 15 is 0 Å². The largest absolute Gasteiger partial charge is 0.351 e. The first-order chi connectivity index (χ1) is 15.4.